The van der Waals surface area contributed by atoms with Gasteiger partial charge in [-0.2, -0.15) is 0 Å². The van der Waals surface area contributed by atoms with Gasteiger partial charge in [-0.15, -0.1) is 5.54 Å². The van der Waals surface area contributed by atoms with Gasteiger partial charge in [-0.3, -0.25) is 0 Å². The fraction of sp³-hybridized carbons (Fsp3) is 0.211. The molecule has 23 heavy (non-hydrogen) atoms. The number of nitrogens with zero attached hydrogens (tertiary/aromatic N) is 1. The summed E-state index contributed by atoms with van der Waals surface area (Å²) in [5, 5.41) is 0. The van der Waals surface area contributed by atoms with Crippen molar-refractivity contribution < 1.29 is 8.78 Å². The summed E-state index contributed by atoms with van der Waals surface area (Å²) in [6, 6.07) is 10.8. The monoisotopic (exact) mass is 327 g/mol. The van der Waals surface area contributed by atoms with Crippen LogP contribution in [0.3, 0.4) is 0 Å². The van der Waals surface area contributed by atoms with E-state index in [4.69, 9.17) is 0 Å². The van der Waals surface area contributed by atoms with Crippen molar-refractivity contribution in [1.29, 1.82) is 0 Å². The predicted octanol–water partition coefficient (Wildman–Crippen LogP) is 5.27. The van der Waals surface area contributed by atoms with Crippen molar-refractivity contribution >= 4 is 19.5 Å². The number of aryl methyl sites for hydroxylation is 1. The molecular weight excluding hydrogens is 308 g/mol. The average molecular weight is 327 g/mol. The molecule has 1 nitrogen and oxygen atoms in total. The number of aliphatic imine (C=N–C) groups is 1. The van der Waals surface area contributed by atoms with Crippen LogP contribution in [0.5, 0.6) is 0 Å². The minimum atomic E-state index is -1.67. The van der Waals surface area contributed by atoms with Gasteiger partial charge in [0.2, 0.25) is 0 Å². The fourth-order valence-corrected chi connectivity index (χ4v) is 2.32. The quantitative estimate of drug-likeness (QED) is 0.404. The summed E-state index contributed by atoms with van der Waals surface area (Å²) < 4.78 is 27.6. The normalized spacial score (nSPS) is 11.8. The molecule has 0 saturated carbocycles. The Hall–Kier alpha value is -2.25. The van der Waals surface area contributed by atoms with Crippen LogP contribution in [0.1, 0.15) is 11.1 Å². The summed E-state index contributed by atoms with van der Waals surface area (Å²) in [6.45, 7) is 8.24. The highest BCUT2D eigenvalue weighted by atomic mass is 28.3. The second-order valence-corrected chi connectivity index (χ2v) is 11.2. The zero-order chi connectivity index (χ0) is 17.0. The third-order valence-electron chi connectivity index (χ3n) is 3.01. The predicted molar refractivity (Wildman–Crippen MR) is 94.9 cm³/mol. The zero-order valence-corrected chi connectivity index (χ0v) is 14.7. The number of halogens is 2. The molecule has 0 aliphatic rings. The van der Waals surface area contributed by atoms with E-state index in [0.717, 1.165) is 23.8 Å². The van der Waals surface area contributed by atoms with Crippen molar-refractivity contribution in [2.24, 2.45) is 4.99 Å². The van der Waals surface area contributed by atoms with Crippen LogP contribution in [0.4, 0.5) is 14.5 Å². The lowest BCUT2D eigenvalue weighted by Gasteiger charge is -2.06. The molecule has 0 fully saturated rings. The van der Waals surface area contributed by atoms with Gasteiger partial charge in [0.25, 0.3) is 0 Å². The summed E-state index contributed by atoms with van der Waals surface area (Å²) in [4.78, 5) is 4.43. The molecule has 118 valence electrons. The first kappa shape index (κ1) is 17.1. The summed E-state index contributed by atoms with van der Waals surface area (Å²) in [5.74, 6) is 1.93. The van der Waals surface area contributed by atoms with E-state index in [1.165, 1.54) is 0 Å². The highest BCUT2D eigenvalue weighted by Crippen LogP contribution is 2.17. The van der Waals surface area contributed by atoms with Crippen LogP contribution in [0.15, 0.2) is 47.5 Å². The Morgan fingerprint density at radius 1 is 1.00 bits per heavy atom. The van der Waals surface area contributed by atoms with Gasteiger partial charge in [-0.05, 0) is 37.3 Å². The Labute approximate surface area is 137 Å². The molecule has 0 radical (unpaired) electrons. The van der Waals surface area contributed by atoms with Crippen molar-refractivity contribution in [3.05, 3.63) is 65.2 Å². The second kappa shape index (κ2) is 6.89. The zero-order valence-electron chi connectivity index (χ0n) is 13.7. The van der Waals surface area contributed by atoms with Crippen molar-refractivity contribution in [2.75, 3.05) is 0 Å². The van der Waals surface area contributed by atoms with Crippen molar-refractivity contribution in [3.63, 3.8) is 0 Å². The highest BCUT2D eigenvalue weighted by Gasteiger charge is 2.12. The molecule has 4 heteroatoms. The average Bonchev–Trinajstić information content (AvgIpc) is 2.47. The molecule has 0 atom stereocenters. The van der Waals surface area contributed by atoms with Crippen LogP contribution >= 0.6 is 0 Å². The Bertz CT molecular complexity index is 791. The summed E-state index contributed by atoms with van der Waals surface area (Å²) in [6.07, 6.45) is 0. The summed E-state index contributed by atoms with van der Waals surface area (Å²) >= 11 is 0. The number of rotatable bonds is 2. The van der Waals surface area contributed by atoms with Crippen molar-refractivity contribution in [3.8, 4) is 11.5 Å². The molecule has 2 rings (SSSR count). The van der Waals surface area contributed by atoms with Gasteiger partial charge in [0, 0.05) is 5.56 Å². The molecule has 0 aromatic heterocycles. The first-order valence-electron chi connectivity index (χ1n) is 7.38. The largest absolute Gasteiger partial charge is 0.239 e. The van der Waals surface area contributed by atoms with Crippen LogP contribution < -0.4 is 0 Å². The van der Waals surface area contributed by atoms with E-state index >= 15 is 0 Å². The molecule has 0 aliphatic heterocycles. The Balaban J connectivity index is 2.57. The van der Waals surface area contributed by atoms with E-state index in [0.29, 0.717) is 5.69 Å². The molecule has 0 spiro atoms. The van der Waals surface area contributed by atoms with Crippen LogP contribution in [-0.2, 0) is 0 Å². The van der Waals surface area contributed by atoms with Crippen LogP contribution in [0.2, 0.25) is 19.6 Å². The van der Waals surface area contributed by atoms with Crippen molar-refractivity contribution in [2.45, 2.75) is 26.6 Å². The van der Waals surface area contributed by atoms with Crippen molar-refractivity contribution in [1.82, 2.24) is 0 Å². The smallest absolute Gasteiger partial charge is 0.133 e. The van der Waals surface area contributed by atoms with Crippen LogP contribution in [0, 0.1) is 30.0 Å². The number of hydrogen-bond acceptors (Lipinski definition) is 1. The van der Waals surface area contributed by atoms with Gasteiger partial charge in [-0.25, -0.2) is 13.8 Å². The lowest BCUT2D eigenvalue weighted by molar-refractivity contribution is 0.598. The van der Waals surface area contributed by atoms with E-state index < -0.39 is 19.7 Å². The highest BCUT2D eigenvalue weighted by molar-refractivity contribution is 6.84. The molecule has 0 bridgehead atoms. The number of hydrogen-bond donors (Lipinski definition) is 0. The molecule has 2 aromatic rings. The van der Waals surface area contributed by atoms with Gasteiger partial charge < -0.3 is 0 Å². The Morgan fingerprint density at radius 2 is 1.65 bits per heavy atom. The number of benzene rings is 2. The van der Waals surface area contributed by atoms with Crippen LogP contribution in [0.25, 0.3) is 0 Å². The molecule has 2 aromatic carbocycles. The third-order valence-corrected chi connectivity index (χ3v) is 3.89. The fourth-order valence-electron chi connectivity index (χ4n) is 1.83. The van der Waals surface area contributed by atoms with E-state index in [1.54, 1.807) is 0 Å². The topological polar surface area (TPSA) is 12.4 Å². The minimum Gasteiger partial charge on any atom is -0.239 e. The molecule has 0 saturated heterocycles. The van der Waals surface area contributed by atoms with E-state index in [2.05, 4.69) is 36.1 Å². The summed E-state index contributed by atoms with van der Waals surface area (Å²) in [5.41, 5.74) is 5.29. The standard InChI is InChI=1S/C19H19F2NSi/c1-14-5-8-16(9-6-14)22-19(11-12-23(2,3)4)17-13-15(20)7-10-18(17)21/h5-10,13H,1-4H3. The lowest BCUT2D eigenvalue weighted by atomic mass is 10.1. The molecule has 0 N–H and O–H groups in total. The maximum absolute atomic E-state index is 14.1. The van der Waals surface area contributed by atoms with Gasteiger partial charge in [0.15, 0.2) is 0 Å². The van der Waals surface area contributed by atoms with E-state index in [-0.39, 0.29) is 11.3 Å². The van der Waals surface area contributed by atoms with Gasteiger partial charge >= 0.3 is 0 Å². The lowest BCUT2D eigenvalue weighted by Crippen LogP contribution is -2.17. The van der Waals surface area contributed by atoms with Gasteiger partial charge in [0.1, 0.15) is 25.4 Å². The second-order valence-electron chi connectivity index (χ2n) is 6.42. The van der Waals surface area contributed by atoms with E-state index in [9.17, 15) is 8.78 Å². The third kappa shape index (κ3) is 5.15. The molecule has 0 unspecified atom stereocenters. The SMILES string of the molecule is Cc1ccc(N=C(C#C[Si](C)(C)C)c2cc(F)ccc2F)cc1. The molecular formula is C19H19F2NSi. The van der Waals surface area contributed by atoms with E-state index in [1.807, 2.05) is 31.2 Å². The Kier molecular flexibility index (Phi) is 5.12. The molecule has 0 amide bonds. The van der Waals surface area contributed by atoms with Crippen LogP contribution in [-0.4, -0.2) is 13.8 Å². The first-order valence-corrected chi connectivity index (χ1v) is 10.9. The maximum atomic E-state index is 14.1. The van der Waals surface area contributed by atoms with Gasteiger partial charge in [-0.1, -0.05) is 43.3 Å². The van der Waals surface area contributed by atoms with Gasteiger partial charge in [0.05, 0.1) is 5.69 Å². The first-order chi connectivity index (χ1) is 10.7. The summed E-state index contributed by atoms with van der Waals surface area (Å²) in [7, 11) is -1.67. The Morgan fingerprint density at radius 3 is 2.26 bits per heavy atom. The molecule has 0 heterocycles. The molecule has 0 aliphatic carbocycles. The maximum Gasteiger partial charge on any atom is 0.133 e. The minimum absolute atomic E-state index is 0.0938.